The Morgan fingerprint density at radius 2 is 2.00 bits per heavy atom. The lowest BCUT2D eigenvalue weighted by molar-refractivity contribution is 0.937. The second-order valence-electron chi connectivity index (χ2n) is 2.90. The minimum absolute atomic E-state index is 0.490. The molecule has 2 aromatic heterocycles. The van der Waals surface area contributed by atoms with Crippen LogP contribution in [0.25, 0.3) is 11.3 Å². The first-order valence-electron chi connectivity index (χ1n) is 4.08. The molecule has 4 nitrogen and oxygen atoms in total. The van der Waals surface area contributed by atoms with Crippen molar-refractivity contribution < 1.29 is 0 Å². The smallest absolute Gasteiger partial charge is 0.201 e. The number of hydrogen-bond donors (Lipinski definition) is 1. The number of anilines is 1. The standard InChI is InChI=1S/C9H9BrN4/c1-14-7(8(10)13-9(14)11)6-2-4-12-5-3-6/h2-5H,1H3,(H2,11,13). The molecule has 0 saturated carbocycles. The third-order valence-electron chi connectivity index (χ3n) is 2.04. The van der Waals surface area contributed by atoms with Crippen LogP contribution in [0.5, 0.6) is 0 Å². The fourth-order valence-corrected chi connectivity index (χ4v) is 1.98. The molecule has 0 radical (unpaired) electrons. The number of nitrogen functional groups attached to an aromatic ring is 1. The Bertz CT molecular complexity index is 449. The summed E-state index contributed by atoms with van der Waals surface area (Å²) >= 11 is 3.37. The van der Waals surface area contributed by atoms with Crippen LogP contribution in [0.3, 0.4) is 0 Å². The van der Waals surface area contributed by atoms with Crippen LogP contribution >= 0.6 is 15.9 Å². The molecule has 0 aliphatic carbocycles. The summed E-state index contributed by atoms with van der Waals surface area (Å²) in [6.07, 6.45) is 3.48. The summed E-state index contributed by atoms with van der Waals surface area (Å²) in [5.41, 5.74) is 7.69. The molecular weight excluding hydrogens is 244 g/mol. The van der Waals surface area contributed by atoms with E-state index in [1.807, 2.05) is 23.7 Å². The van der Waals surface area contributed by atoms with Crippen LogP contribution in [0.4, 0.5) is 5.95 Å². The molecule has 0 spiro atoms. The van der Waals surface area contributed by atoms with Gasteiger partial charge in [0.2, 0.25) is 5.95 Å². The van der Waals surface area contributed by atoms with Gasteiger partial charge in [-0.1, -0.05) is 0 Å². The molecule has 2 aromatic rings. The Labute approximate surface area is 89.9 Å². The summed E-state index contributed by atoms with van der Waals surface area (Å²) in [5, 5.41) is 0. The van der Waals surface area contributed by atoms with Gasteiger partial charge in [0, 0.05) is 25.0 Å². The van der Waals surface area contributed by atoms with Crippen LogP contribution in [0.1, 0.15) is 0 Å². The molecule has 5 heteroatoms. The third kappa shape index (κ3) is 1.39. The fraction of sp³-hybridized carbons (Fsp3) is 0.111. The number of nitrogens with zero attached hydrogens (tertiary/aromatic N) is 3. The molecule has 2 heterocycles. The van der Waals surface area contributed by atoms with Gasteiger partial charge in [0.25, 0.3) is 0 Å². The largest absolute Gasteiger partial charge is 0.369 e. The molecule has 0 aliphatic heterocycles. The van der Waals surface area contributed by atoms with Gasteiger partial charge < -0.3 is 10.3 Å². The zero-order chi connectivity index (χ0) is 10.1. The Kier molecular flexibility index (Phi) is 2.25. The first kappa shape index (κ1) is 9.21. The zero-order valence-electron chi connectivity index (χ0n) is 7.61. The second kappa shape index (κ2) is 3.42. The number of halogens is 1. The highest BCUT2D eigenvalue weighted by molar-refractivity contribution is 9.10. The lowest BCUT2D eigenvalue weighted by atomic mass is 10.2. The van der Waals surface area contributed by atoms with E-state index in [-0.39, 0.29) is 0 Å². The number of hydrogen-bond acceptors (Lipinski definition) is 3. The average molecular weight is 253 g/mol. The normalized spacial score (nSPS) is 10.4. The molecular formula is C9H9BrN4. The van der Waals surface area contributed by atoms with Crippen molar-refractivity contribution in [2.45, 2.75) is 0 Å². The van der Waals surface area contributed by atoms with Crippen molar-refractivity contribution in [3.8, 4) is 11.3 Å². The lowest BCUT2D eigenvalue weighted by Gasteiger charge is -2.02. The van der Waals surface area contributed by atoms with Crippen molar-refractivity contribution in [2.24, 2.45) is 7.05 Å². The topological polar surface area (TPSA) is 56.7 Å². The number of rotatable bonds is 1. The predicted molar refractivity (Wildman–Crippen MR) is 58.6 cm³/mol. The van der Waals surface area contributed by atoms with Gasteiger partial charge in [-0.3, -0.25) is 4.98 Å². The second-order valence-corrected chi connectivity index (χ2v) is 3.66. The van der Waals surface area contributed by atoms with Gasteiger partial charge in [0.05, 0.1) is 5.69 Å². The zero-order valence-corrected chi connectivity index (χ0v) is 9.19. The monoisotopic (exact) mass is 252 g/mol. The molecule has 0 amide bonds. The van der Waals surface area contributed by atoms with E-state index in [1.165, 1.54) is 0 Å². The van der Waals surface area contributed by atoms with E-state index in [9.17, 15) is 0 Å². The van der Waals surface area contributed by atoms with Crippen molar-refractivity contribution in [3.05, 3.63) is 29.1 Å². The summed E-state index contributed by atoms with van der Waals surface area (Å²) < 4.78 is 2.59. The summed E-state index contributed by atoms with van der Waals surface area (Å²) in [4.78, 5) is 8.08. The Morgan fingerprint density at radius 3 is 2.50 bits per heavy atom. The molecule has 72 valence electrons. The lowest BCUT2D eigenvalue weighted by Crippen LogP contribution is -1.98. The number of pyridine rings is 1. The van der Waals surface area contributed by atoms with Crippen LogP contribution in [0, 0.1) is 0 Å². The fourth-order valence-electron chi connectivity index (χ4n) is 1.30. The van der Waals surface area contributed by atoms with Crippen molar-refractivity contribution in [1.82, 2.24) is 14.5 Å². The van der Waals surface area contributed by atoms with Crippen LogP contribution in [0.2, 0.25) is 0 Å². The Morgan fingerprint density at radius 1 is 1.36 bits per heavy atom. The maximum Gasteiger partial charge on any atom is 0.201 e. The number of imidazole rings is 1. The number of nitrogens with two attached hydrogens (primary N) is 1. The van der Waals surface area contributed by atoms with Crippen LogP contribution in [-0.2, 0) is 7.05 Å². The molecule has 0 unspecified atom stereocenters. The molecule has 0 aliphatic rings. The van der Waals surface area contributed by atoms with Gasteiger partial charge in [-0.05, 0) is 28.1 Å². The van der Waals surface area contributed by atoms with E-state index in [0.717, 1.165) is 15.9 Å². The first-order valence-corrected chi connectivity index (χ1v) is 4.87. The van der Waals surface area contributed by atoms with Crippen molar-refractivity contribution in [2.75, 3.05) is 5.73 Å². The maximum absolute atomic E-state index is 5.69. The van der Waals surface area contributed by atoms with E-state index < -0.39 is 0 Å². The predicted octanol–water partition coefficient (Wildman–Crippen LogP) is 1.83. The summed E-state index contributed by atoms with van der Waals surface area (Å²) in [6.45, 7) is 0. The van der Waals surface area contributed by atoms with Gasteiger partial charge in [0.15, 0.2) is 0 Å². The highest BCUT2D eigenvalue weighted by atomic mass is 79.9. The molecule has 2 N–H and O–H groups in total. The highest BCUT2D eigenvalue weighted by Gasteiger charge is 2.11. The Hall–Kier alpha value is -1.36. The minimum Gasteiger partial charge on any atom is -0.369 e. The summed E-state index contributed by atoms with van der Waals surface area (Å²) in [5.74, 6) is 0.490. The van der Waals surface area contributed by atoms with Gasteiger partial charge >= 0.3 is 0 Å². The van der Waals surface area contributed by atoms with Crippen molar-refractivity contribution in [3.63, 3.8) is 0 Å². The molecule has 0 aromatic carbocycles. The van der Waals surface area contributed by atoms with Gasteiger partial charge in [0.1, 0.15) is 4.60 Å². The van der Waals surface area contributed by atoms with E-state index in [4.69, 9.17) is 5.73 Å². The Balaban J connectivity index is 2.62. The third-order valence-corrected chi connectivity index (χ3v) is 2.59. The van der Waals surface area contributed by atoms with E-state index >= 15 is 0 Å². The van der Waals surface area contributed by atoms with E-state index in [1.54, 1.807) is 12.4 Å². The van der Waals surface area contributed by atoms with Crippen LogP contribution < -0.4 is 5.73 Å². The summed E-state index contributed by atoms with van der Waals surface area (Å²) in [7, 11) is 1.88. The average Bonchev–Trinajstić information content (AvgIpc) is 2.43. The minimum atomic E-state index is 0.490. The molecule has 0 fully saturated rings. The molecule has 2 rings (SSSR count). The highest BCUT2D eigenvalue weighted by Crippen LogP contribution is 2.28. The molecule has 14 heavy (non-hydrogen) atoms. The van der Waals surface area contributed by atoms with Crippen molar-refractivity contribution in [1.29, 1.82) is 0 Å². The quantitative estimate of drug-likeness (QED) is 0.843. The van der Waals surface area contributed by atoms with Crippen LogP contribution in [-0.4, -0.2) is 14.5 Å². The van der Waals surface area contributed by atoms with Gasteiger partial charge in [-0.2, -0.15) is 0 Å². The molecule has 0 atom stereocenters. The molecule has 0 saturated heterocycles. The number of aromatic nitrogens is 3. The molecule has 0 bridgehead atoms. The van der Waals surface area contributed by atoms with Gasteiger partial charge in [-0.15, -0.1) is 0 Å². The van der Waals surface area contributed by atoms with Crippen molar-refractivity contribution >= 4 is 21.9 Å². The van der Waals surface area contributed by atoms with E-state index in [2.05, 4.69) is 25.9 Å². The first-order chi connectivity index (χ1) is 6.70. The maximum atomic E-state index is 5.69. The van der Waals surface area contributed by atoms with Crippen LogP contribution in [0.15, 0.2) is 29.1 Å². The summed E-state index contributed by atoms with van der Waals surface area (Å²) in [6, 6.07) is 3.84. The van der Waals surface area contributed by atoms with E-state index in [0.29, 0.717) is 5.95 Å². The SMILES string of the molecule is Cn1c(N)nc(Br)c1-c1ccncc1. The van der Waals surface area contributed by atoms with Gasteiger partial charge in [-0.25, -0.2) is 4.98 Å².